The fourth-order valence-corrected chi connectivity index (χ4v) is 5.12. The van der Waals surface area contributed by atoms with Gasteiger partial charge in [-0.2, -0.15) is 0 Å². The monoisotopic (exact) mass is 308 g/mol. The van der Waals surface area contributed by atoms with Crippen molar-refractivity contribution in [1.29, 1.82) is 0 Å². The SMILES string of the molecule is O=C1CC[C@@]2(Cc3ccccc3)C3=C(CC[C@@H]2C1)CC(O)=CC3. The van der Waals surface area contributed by atoms with E-state index in [0.717, 1.165) is 51.4 Å². The molecule has 1 aromatic carbocycles. The van der Waals surface area contributed by atoms with E-state index in [9.17, 15) is 9.90 Å². The molecular formula is C21H24O2. The van der Waals surface area contributed by atoms with Crippen molar-refractivity contribution in [2.75, 3.05) is 0 Å². The van der Waals surface area contributed by atoms with Crippen LogP contribution >= 0.6 is 0 Å². The van der Waals surface area contributed by atoms with Crippen LogP contribution in [0, 0.1) is 11.3 Å². The fraction of sp³-hybridized carbons (Fsp3) is 0.476. The highest BCUT2D eigenvalue weighted by Crippen LogP contribution is 2.56. The van der Waals surface area contributed by atoms with Gasteiger partial charge in [0.05, 0.1) is 5.76 Å². The van der Waals surface area contributed by atoms with E-state index in [1.54, 1.807) is 5.57 Å². The van der Waals surface area contributed by atoms with E-state index in [0.29, 0.717) is 17.5 Å². The van der Waals surface area contributed by atoms with Gasteiger partial charge in [0.15, 0.2) is 0 Å². The molecule has 23 heavy (non-hydrogen) atoms. The Kier molecular flexibility index (Phi) is 3.63. The molecule has 2 nitrogen and oxygen atoms in total. The lowest BCUT2D eigenvalue weighted by atomic mass is 9.53. The Balaban J connectivity index is 1.75. The largest absolute Gasteiger partial charge is 0.512 e. The Morgan fingerprint density at radius 3 is 2.83 bits per heavy atom. The average molecular weight is 308 g/mol. The maximum atomic E-state index is 12.1. The summed E-state index contributed by atoms with van der Waals surface area (Å²) in [6, 6.07) is 10.7. The Hall–Kier alpha value is -1.83. The summed E-state index contributed by atoms with van der Waals surface area (Å²) in [7, 11) is 0. The third-order valence-electron chi connectivity index (χ3n) is 6.23. The summed E-state index contributed by atoms with van der Waals surface area (Å²) in [5.41, 5.74) is 4.51. The number of allylic oxidation sites excluding steroid dienone is 3. The Morgan fingerprint density at radius 1 is 1.17 bits per heavy atom. The van der Waals surface area contributed by atoms with Crippen LogP contribution in [0.4, 0.5) is 0 Å². The van der Waals surface area contributed by atoms with Crippen molar-refractivity contribution in [3.63, 3.8) is 0 Å². The van der Waals surface area contributed by atoms with Gasteiger partial charge in [0.2, 0.25) is 0 Å². The predicted molar refractivity (Wildman–Crippen MR) is 91.1 cm³/mol. The van der Waals surface area contributed by atoms with Crippen molar-refractivity contribution in [1.82, 2.24) is 0 Å². The van der Waals surface area contributed by atoms with Crippen molar-refractivity contribution in [2.45, 2.75) is 51.4 Å². The standard InChI is InChI=1S/C21H24O2/c22-18-8-9-20-16(12-18)6-7-17-13-19(23)10-11-21(17,20)14-15-4-2-1-3-5-15/h1-5,8,17,22H,6-7,9-14H2/t17-,21+/m1/s1. The number of hydrogen-bond donors (Lipinski definition) is 1. The van der Waals surface area contributed by atoms with Crippen molar-refractivity contribution in [2.24, 2.45) is 11.3 Å². The van der Waals surface area contributed by atoms with Gasteiger partial charge in [-0.1, -0.05) is 41.5 Å². The van der Waals surface area contributed by atoms with E-state index in [1.807, 2.05) is 6.08 Å². The number of aliphatic hydroxyl groups excluding tert-OH is 1. The first-order chi connectivity index (χ1) is 11.2. The molecule has 3 aliphatic carbocycles. The van der Waals surface area contributed by atoms with E-state index < -0.39 is 0 Å². The molecule has 1 aromatic rings. The summed E-state index contributed by atoms with van der Waals surface area (Å²) in [5, 5.41) is 9.93. The average Bonchev–Trinajstić information content (AvgIpc) is 2.56. The highest BCUT2D eigenvalue weighted by atomic mass is 16.3. The molecule has 1 fully saturated rings. The topological polar surface area (TPSA) is 37.3 Å². The lowest BCUT2D eigenvalue weighted by molar-refractivity contribution is -0.124. The number of carbonyl (C=O) groups excluding carboxylic acids is 1. The molecule has 0 heterocycles. The van der Waals surface area contributed by atoms with Crippen LogP contribution in [-0.2, 0) is 11.2 Å². The van der Waals surface area contributed by atoms with Crippen LogP contribution in [0.1, 0.15) is 50.5 Å². The molecule has 0 unspecified atom stereocenters. The third kappa shape index (κ3) is 2.54. The molecule has 0 spiro atoms. The molecule has 0 aliphatic heterocycles. The summed E-state index contributed by atoms with van der Waals surface area (Å²) in [4.78, 5) is 12.1. The number of hydrogen-bond acceptors (Lipinski definition) is 2. The molecule has 2 heteroatoms. The Morgan fingerprint density at radius 2 is 2.00 bits per heavy atom. The summed E-state index contributed by atoms with van der Waals surface area (Å²) in [6.45, 7) is 0. The number of rotatable bonds is 2. The van der Waals surface area contributed by atoms with E-state index in [-0.39, 0.29) is 5.41 Å². The first-order valence-corrected chi connectivity index (χ1v) is 8.82. The molecule has 2 atom stereocenters. The van der Waals surface area contributed by atoms with Gasteiger partial charge in [-0.25, -0.2) is 0 Å². The summed E-state index contributed by atoms with van der Waals surface area (Å²) in [6.07, 6.45) is 9.25. The van der Waals surface area contributed by atoms with Gasteiger partial charge in [-0.15, -0.1) is 0 Å². The maximum Gasteiger partial charge on any atom is 0.133 e. The van der Waals surface area contributed by atoms with Gasteiger partial charge in [0, 0.05) is 19.3 Å². The van der Waals surface area contributed by atoms with Crippen LogP contribution in [0.3, 0.4) is 0 Å². The molecule has 0 radical (unpaired) electrons. The quantitative estimate of drug-likeness (QED) is 0.788. The molecule has 4 rings (SSSR count). The molecular weight excluding hydrogens is 284 g/mol. The Labute approximate surface area is 137 Å². The number of Topliss-reactive ketones (excluding diaryl/α,β-unsaturated/α-hetero) is 1. The molecule has 0 amide bonds. The van der Waals surface area contributed by atoms with Crippen LogP contribution in [0.2, 0.25) is 0 Å². The first-order valence-electron chi connectivity index (χ1n) is 8.82. The van der Waals surface area contributed by atoms with E-state index in [1.165, 1.54) is 11.1 Å². The number of ketones is 1. The van der Waals surface area contributed by atoms with Crippen LogP contribution < -0.4 is 0 Å². The maximum absolute atomic E-state index is 12.1. The van der Waals surface area contributed by atoms with Crippen molar-refractivity contribution >= 4 is 5.78 Å². The van der Waals surface area contributed by atoms with Crippen molar-refractivity contribution < 1.29 is 9.90 Å². The second kappa shape index (κ2) is 5.67. The van der Waals surface area contributed by atoms with Crippen LogP contribution in [0.15, 0.2) is 53.3 Å². The molecule has 1 saturated carbocycles. The number of benzene rings is 1. The molecule has 3 aliphatic rings. The zero-order valence-corrected chi connectivity index (χ0v) is 13.6. The summed E-state index contributed by atoms with van der Waals surface area (Å²) >= 11 is 0. The minimum absolute atomic E-state index is 0.139. The van der Waals surface area contributed by atoms with E-state index >= 15 is 0 Å². The zero-order chi connectivity index (χ0) is 15.9. The van der Waals surface area contributed by atoms with E-state index in [2.05, 4.69) is 30.3 Å². The molecule has 1 N–H and O–H groups in total. The summed E-state index contributed by atoms with van der Waals surface area (Å²) < 4.78 is 0. The Bertz CT molecular complexity index is 683. The van der Waals surface area contributed by atoms with Crippen molar-refractivity contribution in [3.05, 3.63) is 58.9 Å². The molecule has 120 valence electrons. The lowest BCUT2D eigenvalue weighted by Crippen LogP contribution is -2.43. The van der Waals surface area contributed by atoms with Crippen LogP contribution in [0.5, 0.6) is 0 Å². The normalized spacial score (nSPS) is 30.5. The number of carbonyl (C=O) groups is 1. The van der Waals surface area contributed by atoms with Crippen molar-refractivity contribution in [3.8, 4) is 0 Å². The summed E-state index contributed by atoms with van der Waals surface area (Å²) in [5.74, 6) is 1.46. The van der Waals surface area contributed by atoms with Gasteiger partial charge < -0.3 is 5.11 Å². The van der Waals surface area contributed by atoms with Crippen LogP contribution in [0.25, 0.3) is 0 Å². The molecule has 0 saturated heterocycles. The number of fused-ring (bicyclic) bond motifs is 2. The first kappa shape index (κ1) is 14.7. The van der Waals surface area contributed by atoms with Gasteiger partial charge in [0.25, 0.3) is 0 Å². The fourth-order valence-electron chi connectivity index (χ4n) is 5.12. The third-order valence-corrected chi connectivity index (χ3v) is 6.23. The highest BCUT2D eigenvalue weighted by molar-refractivity contribution is 5.80. The number of aliphatic hydroxyl groups is 1. The molecule has 0 bridgehead atoms. The molecule has 0 aromatic heterocycles. The van der Waals surface area contributed by atoms with Gasteiger partial charge >= 0.3 is 0 Å². The van der Waals surface area contributed by atoms with Gasteiger partial charge in [-0.05, 0) is 55.1 Å². The van der Waals surface area contributed by atoms with Gasteiger partial charge in [0.1, 0.15) is 5.78 Å². The lowest BCUT2D eigenvalue weighted by Gasteiger charge is -2.50. The highest BCUT2D eigenvalue weighted by Gasteiger charge is 2.48. The van der Waals surface area contributed by atoms with Gasteiger partial charge in [-0.3, -0.25) is 4.79 Å². The van der Waals surface area contributed by atoms with Crippen LogP contribution in [-0.4, -0.2) is 10.9 Å². The predicted octanol–water partition coefficient (Wildman–Crippen LogP) is 4.91. The zero-order valence-electron chi connectivity index (χ0n) is 13.6. The second-order valence-electron chi connectivity index (χ2n) is 7.46. The smallest absolute Gasteiger partial charge is 0.133 e. The minimum atomic E-state index is 0.139. The van der Waals surface area contributed by atoms with E-state index in [4.69, 9.17) is 0 Å². The minimum Gasteiger partial charge on any atom is -0.512 e. The second-order valence-corrected chi connectivity index (χ2v) is 7.46.